The van der Waals surface area contributed by atoms with Crippen molar-refractivity contribution in [3.05, 3.63) is 91.0 Å². The van der Waals surface area contributed by atoms with Crippen LogP contribution in [0.4, 0.5) is 0 Å². The van der Waals surface area contributed by atoms with Crippen LogP contribution in [-0.2, 0) is 0 Å². The fourth-order valence-electron chi connectivity index (χ4n) is 3.29. The Balaban J connectivity index is 2.24. The van der Waals surface area contributed by atoms with Crippen molar-refractivity contribution in [2.75, 3.05) is 6.61 Å². The van der Waals surface area contributed by atoms with Gasteiger partial charge in [0, 0.05) is 6.61 Å². The Labute approximate surface area is 151 Å². The summed E-state index contributed by atoms with van der Waals surface area (Å²) in [7, 11) is 0. The molecule has 0 aliphatic heterocycles. The lowest BCUT2D eigenvalue weighted by molar-refractivity contribution is 0.286. The summed E-state index contributed by atoms with van der Waals surface area (Å²) in [5.74, 6) is 2.53. The van der Waals surface area contributed by atoms with E-state index in [1.165, 1.54) is 15.9 Å². The first-order valence-corrected chi connectivity index (χ1v) is 10.7. The molecule has 0 fully saturated rings. The minimum absolute atomic E-state index is 0.265. The predicted octanol–water partition coefficient (Wildman–Crippen LogP) is 3.95. The van der Waals surface area contributed by atoms with Gasteiger partial charge in [-0.15, -0.1) is 0 Å². The Morgan fingerprint density at radius 1 is 0.600 bits per heavy atom. The quantitative estimate of drug-likeness (QED) is 0.506. The maximum atomic E-state index is 9.14. The van der Waals surface area contributed by atoms with Crippen LogP contribution in [0, 0.1) is 0 Å². The number of aliphatic hydroxyl groups excluding tert-OH is 1. The molecule has 1 N–H and O–H groups in total. The molecule has 0 aliphatic carbocycles. The SMILES string of the molecule is OCCCCC=P(c1ccccc1)(c1ccccc1)c1ccccc1. The number of benzene rings is 3. The van der Waals surface area contributed by atoms with Crippen molar-refractivity contribution < 1.29 is 5.11 Å². The molecule has 128 valence electrons. The van der Waals surface area contributed by atoms with E-state index in [-0.39, 0.29) is 6.61 Å². The summed E-state index contributed by atoms with van der Waals surface area (Å²) in [6.07, 6.45) is 2.88. The molecule has 0 aliphatic rings. The van der Waals surface area contributed by atoms with Crippen molar-refractivity contribution in [2.45, 2.75) is 19.3 Å². The zero-order chi connectivity index (χ0) is 17.4. The molecule has 3 aromatic carbocycles. The molecule has 0 bridgehead atoms. The minimum atomic E-state index is -1.80. The lowest BCUT2D eigenvalue weighted by Crippen LogP contribution is -2.27. The predicted molar refractivity (Wildman–Crippen MR) is 112 cm³/mol. The van der Waals surface area contributed by atoms with Gasteiger partial charge in [0.25, 0.3) is 0 Å². The van der Waals surface area contributed by atoms with Crippen molar-refractivity contribution in [1.29, 1.82) is 0 Å². The molecule has 3 aromatic rings. The number of hydrogen-bond donors (Lipinski definition) is 1. The number of aliphatic hydroxyl groups is 1. The van der Waals surface area contributed by atoms with E-state index >= 15 is 0 Å². The summed E-state index contributed by atoms with van der Waals surface area (Å²) >= 11 is 0. The van der Waals surface area contributed by atoms with Crippen LogP contribution in [0.5, 0.6) is 0 Å². The third-order valence-corrected chi connectivity index (χ3v) is 8.65. The van der Waals surface area contributed by atoms with Crippen molar-refractivity contribution in [2.24, 2.45) is 0 Å². The average Bonchev–Trinajstić information content (AvgIpc) is 2.70. The van der Waals surface area contributed by atoms with E-state index in [9.17, 15) is 0 Å². The van der Waals surface area contributed by atoms with Crippen LogP contribution < -0.4 is 15.9 Å². The molecule has 25 heavy (non-hydrogen) atoms. The molecule has 2 heteroatoms. The largest absolute Gasteiger partial charge is 0.396 e. The topological polar surface area (TPSA) is 20.2 Å². The molecule has 0 spiro atoms. The van der Waals surface area contributed by atoms with Gasteiger partial charge in [-0.3, -0.25) is 0 Å². The monoisotopic (exact) mass is 348 g/mol. The minimum Gasteiger partial charge on any atom is -0.396 e. The van der Waals surface area contributed by atoms with Crippen molar-refractivity contribution in [3.63, 3.8) is 0 Å². The highest BCUT2D eigenvalue weighted by Gasteiger charge is 2.24. The summed E-state index contributed by atoms with van der Waals surface area (Å²) in [5.41, 5.74) is 0. The summed E-state index contributed by atoms with van der Waals surface area (Å²) in [5, 5.41) is 13.3. The van der Waals surface area contributed by atoms with Gasteiger partial charge in [0.1, 0.15) is 0 Å². The van der Waals surface area contributed by atoms with Gasteiger partial charge in [-0.05, 0) is 42.1 Å². The summed E-state index contributed by atoms with van der Waals surface area (Å²) < 4.78 is 0. The Hall–Kier alpha value is -2.08. The van der Waals surface area contributed by atoms with E-state index in [1.807, 2.05) is 0 Å². The molecule has 0 saturated carbocycles. The van der Waals surface area contributed by atoms with Gasteiger partial charge in [-0.2, -0.15) is 0 Å². The Bertz CT molecular complexity index is 707. The Kier molecular flexibility index (Phi) is 6.28. The molecule has 0 heterocycles. The average molecular weight is 348 g/mol. The van der Waals surface area contributed by atoms with Gasteiger partial charge >= 0.3 is 0 Å². The molecule has 3 rings (SSSR count). The maximum Gasteiger partial charge on any atom is 0.0431 e. The Morgan fingerprint density at radius 3 is 1.36 bits per heavy atom. The van der Waals surface area contributed by atoms with E-state index in [1.54, 1.807) is 0 Å². The lowest BCUT2D eigenvalue weighted by Gasteiger charge is -2.29. The molecular weight excluding hydrogens is 323 g/mol. The second-order valence-electron chi connectivity index (χ2n) is 6.13. The molecule has 0 radical (unpaired) electrons. The van der Waals surface area contributed by atoms with Gasteiger partial charge in [0.2, 0.25) is 0 Å². The maximum absolute atomic E-state index is 9.14. The van der Waals surface area contributed by atoms with E-state index in [2.05, 4.69) is 96.8 Å². The van der Waals surface area contributed by atoms with Crippen molar-refractivity contribution >= 4 is 28.6 Å². The second kappa shape index (κ2) is 8.85. The molecule has 1 nitrogen and oxygen atoms in total. The molecule has 0 atom stereocenters. The van der Waals surface area contributed by atoms with Crippen molar-refractivity contribution in [3.8, 4) is 0 Å². The number of hydrogen-bond acceptors (Lipinski definition) is 1. The molecular formula is C23H25OP. The first kappa shape index (κ1) is 17.7. The third-order valence-electron chi connectivity index (χ3n) is 4.51. The zero-order valence-electron chi connectivity index (χ0n) is 14.5. The van der Waals surface area contributed by atoms with Crippen LogP contribution >= 0.6 is 6.89 Å². The first-order valence-electron chi connectivity index (χ1n) is 8.89. The smallest absolute Gasteiger partial charge is 0.0431 e. The van der Waals surface area contributed by atoms with Crippen LogP contribution in [0.15, 0.2) is 91.0 Å². The van der Waals surface area contributed by atoms with Gasteiger partial charge in [-0.25, -0.2) is 0 Å². The number of unbranched alkanes of at least 4 members (excludes halogenated alkanes) is 2. The summed E-state index contributed by atoms with van der Waals surface area (Å²) in [6.45, 7) is -1.53. The van der Waals surface area contributed by atoms with Crippen LogP contribution in [0.25, 0.3) is 0 Å². The van der Waals surface area contributed by atoms with Crippen LogP contribution in [-0.4, -0.2) is 17.5 Å². The van der Waals surface area contributed by atoms with E-state index in [4.69, 9.17) is 5.11 Å². The summed E-state index contributed by atoms with van der Waals surface area (Å²) in [6, 6.07) is 32.6. The van der Waals surface area contributed by atoms with Gasteiger partial charge in [-0.1, -0.05) is 96.8 Å². The van der Waals surface area contributed by atoms with Crippen LogP contribution in [0.1, 0.15) is 19.3 Å². The second-order valence-corrected chi connectivity index (χ2v) is 9.49. The van der Waals surface area contributed by atoms with Crippen LogP contribution in [0.3, 0.4) is 0 Å². The van der Waals surface area contributed by atoms with E-state index < -0.39 is 6.89 Å². The lowest BCUT2D eigenvalue weighted by atomic mass is 10.3. The first-order chi connectivity index (χ1) is 12.4. The molecule has 0 unspecified atom stereocenters. The van der Waals surface area contributed by atoms with Gasteiger partial charge in [0.15, 0.2) is 0 Å². The Morgan fingerprint density at radius 2 is 1.00 bits per heavy atom. The fourth-order valence-corrected chi connectivity index (χ4v) is 7.32. The highest BCUT2D eigenvalue weighted by atomic mass is 31.2. The van der Waals surface area contributed by atoms with Crippen LogP contribution in [0.2, 0.25) is 0 Å². The highest BCUT2D eigenvalue weighted by Crippen LogP contribution is 2.44. The molecule has 0 aromatic heterocycles. The summed E-state index contributed by atoms with van der Waals surface area (Å²) in [4.78, 5) is 0. The van der Waals surface area contributed by atoms with Gasteiger partial charge < -0.3 is 5.11 Å². The highest BCUT2D eigenvalue weighted by molar-refractivity contribution is 7.94. The third kappa shape index (κ3) is 3.95. The zero-order valence-corrected chi connectivity index (χ0v) is 15.4. The standard InChI is InChI=1S/C23H25OP/c24-19-11-4-12-20-25(21-13-5-1-6-14-21,22-15-7-2-8-16-22)23-17-9-3-10-18-23/h1-3,5-10,13-18,20,24H,4,11-12,19H2. The molecule has 0 saturated heterocycles. The van der Waals surface area contributed by atoms with E-state index in [0.717, 1.165) is 19.3 Å². The van der Waals surface area contributed by atoms with Crippen molar-refractivity contribution in [1.82, 2.24) is 0 Å². The number of rotatable bonds is 7. The van der Waals surface area contributed by atoms with E-state index in [0.29, 0.717) is 0 Å². The normalized spacial score (nSPS) is 11.2. The fraction of sp³-hybridized carbons (Fsp3) is 0.174. The van der Waals surface area contributed by atoms with Gasteiger partial charge in [0.05, 0.1) is 0 Å². The molecule has 0 amide bonds.